The largest absolute Gasteiger partial charge is 0.335 e. The highest BCUT2D eigenvalue weighted by Crippen LogP contribution is 2.24. The van der Waals surface area contributed by atoms with Crippen LogP contribution in [0.5, 0.6) is 0 Å². The summed E-state index contributed by atoms with van der Waals surface area (Å²) in [5.74, 6) is -1.41. The molecule has 0 bridgehead atoms. The van der Waals surface area contributed by atoms with Crippen LogP contribution in [0, 0.1) is 0 Å². The molecule has 1 aliphatic heterocycles. The molecule has 0 aliphatic carbocycles. The van der Waals surface area contributed by atoms with E-state index in [0.29, 0.717) is 16.3 Å². The minimum atomic E-state index is -0.777. The Balaban J connectivity index is 1.99. The van der Waals surface area contributed by atoms with Gasteiger partial charge in [0.2, 0.25) is 0 Å². The van der Waals surface area contributed by atoms with Gasteiger partial charge in [0.15, 0.2) is 0 Å². The Hall–Kier alpha value is -2.44. The maximum atomic E-state index is 12.6. The molecule has 4 amide bonds. The van der Waals surface area contributed by atoms with E-state index in [1.807, 2.05) is 0 Å². The molecule has 1 heterocycles. The third-order valence-corrected chi connectivity index (χ3v) is 4.15. The molecule has 120 valence electrons. The molecule has 1 fully saturated rings. The maximum absolute atomic E-state index is 12.6. The average Bonchev–Trinajstić information content (AvgIpc) is 2.55. The molecule has 24 heavy (non-hydrogen) atoms. The summed E-state index contributed by atoms with van der Waals surface area (Å²) < 4.78 is 0.809. The Morgan fingerprint density at radius 2 is 1.58 bits per heavy atom. The SMILES string of the molecule is O=C1NC(=O)N(c2ccc(Br)cc2)C(=O)C1=Cc1ccc(Cl)cc1. The topological polar surface area (TPSA) is 66.5 Å². The minimum Gasteiger partial charge on any atom is -0.273 e. The van der Waals surface area contributed by atoms with Crippen molar-refractivity contribution >= 4 is 57.1 Å². The van der Waals surface area contributed by atoms with Gasteiger partial charge in [0.1, 0.15) is 5.57 Å². The third kappa shape index (κ3) is 3.25. The summed E-state index contributed by atoms with van der Waals surface area (Å²) in [7, 11) is 0. The average molecular weight is 406 g/mol. The second-order valence-corrected chi connectivity index (χ2v) is 6.34. The monoisotopic (exact) mass is 404 g/mol. The number of carbonyl (C=O) groups excluding carboxylic acids is 3. The number of urea groups is 1. The number of imide groups is 2. The van der Waals surface area contributed by atoms with Gasteiger partial charge in [-0.15, -0.1) is 0 Å². The molecule has 0 atom stereocenters. The standard InChI is InChI=1S/C17H10BrClN2O3/c18-11-3-7-13(8-4-11)21-16(23)14(15(22)20-17(21)24)9-10-1-5-12(19)6-2-10/h1-9H,(H,20,22,24). The van der Waals surface area contributed by atoms with Crippen LogP contribution in [-0.2, 0) is 9.59 Å². The number of nitrogens with zero attached hydrogens (tertiary/aromatic N) is 1. The summed E-state index contributed by atoms with van der Waals surface area (Å²) in [6.07, 6.45) is 1.42. The molecule has 7 heteroatoms. The Morgan fingerprint density at radius 3 is 2.21 bits per heavy atom. The number of nitrogens with one attached hydrogen (secondary N) is 1. The van der Waals surface area contributed by atoms with E-state index in [1.165, 1.54) is 6.08 Å². The van der Waals surface area contributed by atoms with E-state index in [1.54, 1.807) is 48.5 Å². The van der Waals surface area contributed by atoms with Crippen LogP contribution in [0.15, 0.2) is 58.6 Å². The van der Waals surface area contributed by atoms with E-state index < -0.39 is 17.8 Å². The van der Waals surface area contributed by atoms with Crippen molar-refractivity contribution in [1.29, 1.82) is 0 Å². The van der Waals surface area contributed by atoms with Crippen molar-refractivity contribution in [2.24, 2.45) is 0 Å². The summed E-state index contributed by atoms with van der Waals surface area (Å²) in [6.45, 7) is 0. The van der Waals surface area contributed by atoms with Crippen molar-refractivity contribution in [3.05, 3.63) is 69.2 Å². The zero-order valence-electron chi connectivity index (χ0n) is 12.1. The Kier molecular flexibility index (Phi) is 4.51. The van der Waals surface area contributed by atoms with E-state index >= 15 is 0 Å². The van der Waals surface area contributed by atoms with E-state index in [-0.39, 0.29) is 5.57 Å². The number of benzene rings is 2. The molecule has 3 rings (SSSR count). The quantitative estimate of drug-likeness (QED) is 0.611. The van der Waals surface area contributed by atoms with E-state index in [0.717, 1.165) is 9.37 Å². The number of amides is 4. The van der Waals surface area contributed by atoms with Crippen molar-refractivity contribution in [2.75, 3.05) is 4.90 Å². The fraction of sp³-hybridized carbons (Fsp3) is 0. The van der Waals surface area contributed by atoms with Gasteiger partial charge in [-0.1, -0.05) is 39.7 Å². The summed E-state index contributed by atoms with van der Waals surface area (Å²) >= 11 is 9.11. The number of halogens is 2. The lowest BCUT2D eigenvalue weighted by molar-refractivity contribution is -0.122. The predicted octanol–water partition coefficient (Wildman–Crippen LogP) is 3.77. The number of rotatable bonds is 2. The van der Waals surface area contributed by atoms with Crippen molar-refractivity contribution in [3.8, 4) is 0 Å². The molecular weight excluding hydrogens is 396 g/mol. The van der Waals surface area contributed by atoms with Gasteiger partial charge < -0.3 is 0 Å². The van der Waals surface area contributed by atoms with Crippen LogP contribution >= 0.6 is 27.5 Å². The van der Waals surface area contributed by atoms with Crippen LogP contribution in [0.3, 0.4) is 0 Å². The molecule has 2 aromatic carbocycles. The summed E-state index contributed by atoms with van der Waals surface area (Å²) in [5.41, 5.74) is 0.873. The first-order valence-electron chi connectivity index (χ1n) is 6.88. The summed E-state index contributed by atoms with van der Waals surface area (Å²) in [6, 6.07) is 12.5. The highest BCUT2D eigenvalue weighted by atomic mass is 79.9. The fourth-order valence-corrected chi connectivity index (χ4v) is 2.60. The predicted molar refractivity (Wildman–Crippen MR) is 94.6 cm³/mol. The van der Waals surface area contributed by atoms with Crippen LogP contribution in [0.4, 0.5) is 10.5 Å². The maximum Gasteiger partial charge on any atom is 0.335 e. The van der Waals surface area contributed by atoms with Gasteiger partial charge in [-0.2, -0.15) is 0 Å². The summed E-state index contributed by atoms with van der Waals surface area (Å²) in [5, 5.41) is 2.72. The van der Waals surface area contributed by atoms with Crippen LogP contribution in [0.2, 0.25) is 5.02 Å². The van der Waals surface area contributed by atoms with Crippen molar-refractivity contribution < 1.29 is 14.4 Å². The lowest BCUT2D eigenvalue weighted by Gasteiger charge is -2.26. The van der Waals surface area contributed by atoms with Gasteiger partial charge in [0, 0.05) is 9.50 Å². The molecule has 1 N–H and O–H groups in total. The van der Waals surface area contributed by atoms with Crippen molar-refractivity contribution in [3.63, 3.8) is 0 Å². The molecule has 0 saturated carbocycles. The van der Waals surface area contributed by atoms with E-state index in [4.69, 9.17) is 11.6 Å². The highest BCUT2D eigenvalue weighted by molar-refractivity contribution is 9.10. The first kappa shape index (κ1) is 16.4. The van der Waals surface area contributed by atoms with E-state index in [9.17, 15) is 14.4 Å². The first-order valence-corrected chi connectivity index (χ1v) is 8.05. The van der Waals surface area contributed by atoms with Gasteiger partial charge in [-0.05, 0) is 48.0 Å². The smallest absolute Gasteiger partial charge is 0.273 e. The van der Waals surface area contributed by atoms with Crippen LogP contribution in [0.1, 0.15) is 5.56 Å². The van der Waals surface area contributed by atoms with Crippen LogP contribution < -0.4 is 10.2 Å². The molecule has 1 aliphatic rings. The van der Waals surface area contributed by atoms with E-state index in [2.05, 4.69) is 21.2 Å². The Labute approximate surface area is 151 Å². The molecule has 2 aromatic rings. The van der Waals surface area contributed by atoms with Gasteiger partial charge in [0.25, 0.3) is 11.8 Å². The van der Waals surface area contributed by atoms with Crippen molar-refractivity contribution in [1.82, 2.24) is 5.32 Å². The Bertz CT molecular complexity index is 860. The second kappa shape index (κ2) is 6.59. The lowest BCUT2D eigenvalue weighted by atomic mass is 10.1. The number of barbiturate groups is 1. The van der Waals surface area contributed by atoms with Gasteiger partial charge in [0.05, 0.1) is 5.69 Å². The number of hydrogen-bond acceptors (Lipinski definition) is 3. The Morgan fingerprint density at radius 1 is 0.958 bits per heavy atom. The second-order valence-electron chi connectivity index (χ2n) is 4.99. The molecule has 0 unspecified atom stereocenters. The molecule has 1 saturated heterocycles. The van der Waals surface area contributed by atoms with Crippen LogP contribution in [-0.4, -0.2) is 17.8 Å². The molecule has 0 spiro atoms. The minimum absolute atomic E-state index is 0.125. The zero-order valence-corrected chi connectivity index (χ0v) is 14.5. The number of carbonyl (C=O) groups is 3. The first-order chi connectivity index (χ1) is 11.5. The van der Waals surface area contributed by atoms with Gasteiger partial charge >= 0.3 is 6.03 Å². The lowest BCUT2D eigenvalue weighted by Crippen LogP contribution is -2.54. The molecular formula is C17H10BrClN2O3. The summed E-state index contributed by atoms with van der Waals surface area (Å²) in [4.78, 5) is 37.7. The molecule has 0 aromatic heterocycles. The fourth-order valence-electron chi connectivity index (χ4n) is 2.21. The highest BCUT2D eigenvalue weighted by Gasteiger charge is 2.36. The number of hydrogen-bond donors (Lipinski definition) is 1. The normalized spacial score (nSPS) is 16.5. The van der Waals surface area contributed by atoms with Gasteiger partial charge in [-0.3, -0.25) is 14.9 Å². The zero-order chi connectivity index (χ0) is 17.3. The third-order valence-electron chi connectivity index (χ3n) is 3.37. The molecule has 5 nitrogen and oxygen atoms in total. The van der Waals surface area contributed by atoms with Gasteiger partial charge in [-0.25, -0.2) is 9.69 Å². The van der Waals surface area contributed by atoms with Crippen molar-refractivity contribution in [2.45, 2.75) is 0 Å². The molecule has 0 radical (unpaired) electrons. The number of anilines is 1. The van der Waals surface area contributed by atoms with Crippen LogP contribution in [0.25, 0.3) is 6.08 Å².